The standard InChI is InChI=1S/C15H28N2O2/c1-16-10-8-12(9-11-16)17(2)14-7-5-3-4-6-13(14)15(18)19/h12-14H,3-11H2,1-2H3,(H,18,19). The molecular formula is C15H28N2O2. The Kier molecular flexibility index (Phi) is 5.22. The minimum Gasteiger partial charge on any atom is -0.481 e. The van der Waals surface area contributed by atoms with Crippen molar-refractivity contribution in [1.29, 1.82) is 0 Å². The van der Waals surface area contributed by atoms with E-state index in [1.54, 1.807) is 0 Å². The summed E-state index contributed by atoms with van der Waals surface area (Å²) in [6, 6.07) is 0.814. The molecule has 1 N–H and O–H groups in total. The molecule has 2 rings (SSSR count). The molecule has 0 aromatic rings. The van der Waals surface area contributed by atoms with E-state index in [9.17, 15) is 9.90 Å². The van der Waals surface area contributed by atoms with Gasteiger partial charge in [-0.05, 0) is 52.9 Å². The SMILES string of the molecule is CN1CCC(N(C)C2CCCCCC2C(=O)O)CC1. The molecule has 0 aromatic heterocycles. The van der Waals surface area contributed by atoms with Crippen molar-refractivity contribution in [2.45, 2.75) is 57.0 Å². The molecule has 1 heterocycles. The van der Waals surface area contributed by atoms with Crippen LogP contribution in [0, 0.1) is 5.92 Å². The number of carbonyl (C=O) groups is 1. The van der Waals surface area contributed by atoms with Gasteiger partial charge >= 0.3 is 5.97 Å². The largest absolute Gasteiger partial charge is 0.481 e. The lowest BCUT2D eigenvalue weighted by molar-refractivity contribution is -0.144. The van der Waals surface area contributed by atoms with E-state index in [2.05, 4.69) is 23.9 Å². The molecule has 2 aliphatic rings. The normalized spacial score (nSPS) is 31.3. The molecule has 2 fully saturated rings. The summed E-state index contributed by atoms with van der Waals surface area (Å²) >= 11 is 0. The molecule has 2 atom stereocenters. The van der Waals surface area contributed by atoms with Gasteiger partial charge in [-0.3, -0.25) is 9.69 Å². The van der Waals surface area contributed by atoms with Gasteiger partial charge in [-0.25, -0.2) is 0 Å². The molecule has 110 valence electrons. The zero-order valence-electron chi connectivity index (χ0n) is 12.3. The van der Waals surface area contributed by atoms with Crippen LogP contribution < -0.4 is 0 Å². The first-order chi connectivity index (χ1) is 9.09. The topological polar surface area (TPSA) is 43.8 Å². The number of rotatable bonds is 3. The molecule has 1 aliphatic heterocycles. The summed E-state index contributed by atoms with van der Waals surface area (Å²) in [5.41, 5.74) is 0. The van der Waals surface area contributed by atoms with Crippen LogP contribution in [0.1, 0.15) is 44.9 Å². The van der Waals surface area contributed by atoms with E-state index >= 15 is 0 Å². The van der Waals surface area contributed by atoms with Crippen LogP contribution in [0.2, 0.25) is 0 Å². The Hall–Kier alpha value is -0.610. The zero-order chi connectivity index (χ0) is 13.8. The Morgan fingerprint density at radius 1 is 1.11 bits per heavy atom. The third-order valence-electron chi connectivity index (χ3n) is 5.08. The van der Waals surface area contributed by atoms with Gasteiger partial charge in [0.2, 0.25) is 0 Å². The number of hydrogen-bond acceptors (Lipinski definition) is 3. The third-order valence-corrected chi connectivity index (χ3v) is 5.08. The number of carboxylic acids is 1. The second-order valence-electron chi connectivity index (χ2n) is 6.35. The maximum Gasteiger partial charge on any atom is 0.308 e. The number of aliphatic carboxylic acids is 1. The highest BCUT2D eigenvalue weighted by atomic mass is 16.4. The highest BCUT2D eigenvalue weighted by Gasteiger charge is 2.35. The molecule has 2 unspecified atom stereocenters. The van der Waals surface area contributed by atoms with Crippen LogP contribution in [0.3, 0.4) is 0 Å². The summed E-state index contributed by atoms with van der Waals surface area (Å²) in [5.74, 6) is -0.751. The molecule has 1 aliphatic carbocycles. The maximum atomic E-state index is 11.5. The van der Waals surface area contributed by atoms with Gasteiger partial charge in [0.25, 0.3) is 0 Å². The van der Waals surface area contributed by atoms with Crippen LogP contribution in [-0.2, 0) is 4.79 Å². The highest BCUT2D eigenvalue weighted by molar-refractivity contribution is 5.70. The Morgan fingerprint density at radius 3 is 2.37 bits per heavy atom. The van der Waals surface area contributed by atoms with Crippen LogP contribution in [0.25, 0.3) is 0 Å². The van der Waals surface area contributed by atoms with Gasteiger partial charge in [0.05, 0.1) is 5.92 Å². The van der Waals surface area contributed by atoms with Crippen LogP contribution >= 0.6 is 0 Å². The molecule has 0 bridgehead atoms. The summed E-state index contributed by atoms with van der Waals surface area (Å²) in [7, 11) is 4.32. The predicted molar refractivity (Wildman–Crippen MR) is 76.3 cm³/mol. The molecule has 1 saturated heterocycles. The average molecular weight is 268 g/mol. The molecule has 1 saturated carbocycles. The summed E-state index contributed by atoms with van der Waals surface area (Å²) in [6.45, 7) is 2.28. The van der Waals surface area contributed by atoms with Crippen LogP contribution in [0.15, 0.2) is 0 Å². The van der Waals surface area contributed by atoms with Crippen LogP contribution in [-0.4, -0.2) is 60.1 Å². The number of nitrogens with zero attached hydrogens (tertiary/aromatic N) is 2. The number of hydrogen-bond donors (Lipinski definition) is 1. The van der Waals surface area contributed by atoms with Crippen molar-refractivity contribution in [2.24, 2.45) is 5.92 Å². The number of likely N-dealkylation sites (tertiary alicyclic amines) is 1. The van der Waals surface area contributed by atoms with Crippen molar-refractivity contribution in [2.75, 3.05) is 27.2 Å². The predicted octanol–water partition coefficient (Wildman–Crippen LogP) is 2.05. The van der Waals surface area contributed by atoms with Gasteiger partial charge in [-0.2, -0.15) is 0 Å². The highest BCUT2D eigenvalue weighted by Crippen LogP contribution is 2.30. The van der Waals surface area contributed by atoms with Crippen molar-refractivity contribution in [3.63, 3.8) is 0 Å². The van der Waals surface area contributed by atoms with Gasteiger partial charge in [-0.1, -0.05) is 19.3 Å². The Bertz CT molecular complexity index is 301. The van der Waals surface area contributed by atoms with Gasteiger partial charge in [0, 0.05) is 12.1 Å². The van der Waals surface area contributed by atoms with Gasteiger partial charge < -0.3 is 10.0 Å². The molecule has 0 spiro atoms. The van der Waals surface area contributed by atoms with Crippen molar-refractivity contribution >= 4 is 5.97 Å². The van der Waals surface area contributed by atoms with Gasteiger partial charge in [-0.15, -0.1) is 0 Å². The molecule has 0 aromatic carbocycles. The minimum absolute atomic E-state index is 0.160. The Morgan fingerprint density at radius 2 is 1.74 bits per heavy atom. The lowest BCUT2D eigenvalue weighted by atomic mass is 9.91. The van der Waals surface area contributed by atoms with Gasteiger partial charge in [0.1, 0.15) is 0 Å². The van der Waals surface area contributed by atoms with E-state index in [-0.39, 0.29) is 12.0 Å². The van der Waals surface area contributed by atoms with E-state index in [4.69, 9.17) is 0 Å². The molecule has 0 amide bonds. The van der Waals surface area contributed by atoms with Crippen molar-refractivity contribution < 1.29 is 9.90 Å². The second-order valence-corrected chi connectivity index (χ2v) is 6.35. The van der Waals surface area contributed by atoms with Gasteiger partial charge in [0.15, 0.2) is 0 Å². The summed E-state index contributed by atoms with van der Waals surface area (Å²) in [5, 5.41) is 9.49. The van der Waals surface area contributed by atoms with Crippen LogP contribution in [0.5, 0.6) is 0 Å². The Balaban J connectivity index is 2.01. The molecule has 4 heteroatoms. The molecule has 4 nitrogen and oxygen atoms in total. The van der Waals surface area contributed by atoms with E-state index in [0.29, 0.717) is 6.04 Å². The van der Waals surface area contributed by atoms with E-state index in [0.717, 1.165) is 32.4 Å². The average Bonchev–Trinajstić information content (AvgIpc) is 2.64. The van der Waals surface area contributed by atoms with E-state index < -0.39 is 5.97 Å². The maximum absolute atomic E-state index is 11.5. The molecule has 0 radical (unpaired) electrons. The quantitative estimate of drug-likeness (QED) is 0.796. The third kappa shape index (κ3) is 3.69. The van der Waals surface area contributed by atoms with Crippen molar-refractivity contribution in [3.05, 3.63) is 0 Å². The van der Waals surface area contributed by atoms with Crippen LogP contribution in [0.4, 0.5) is 0 Å². The summed E-state index contributed by atoms with van der Waals surface area (Å²) < 4.78 is 0. The smallest absolute Gasteiger partial charge is 0.308 e. The fourth-order valence-corrected chi connectivity index (χ4v) is 3.74. The van der Waals surface area contributed by atoms with E-state index in [1.807, 2.05) is 0 Å². The second kappa shape index (κ2) is 6.71. The summed E-state index contributed by atoms with van der Waals surface area (Å²) in [6.07, 6.45) is 7.73. The van der Waals surface area contributed by atoms with E-state index in [1.165, 1.54) is 25.7 Å². The van der Waals surface area contributed by atoms with Crippen molar-refractivity contribution in [1.82, 2.24) is 9.80 Å². The van der Waals surface area contributed by atoms with Crippen molar-refractivity contribution in [3.8, 4) is 0 Å². The first-order valence-corrected chi connectivity index (χ1v) is 7.73. The minimum atomic E-state index is -0.591. The fraction of sp³-hybridized carbons (Fsp3) is 0.933. The number of carboxylic acid groups (broad SMARTS) is 1. The lowest BCUT2D eigenvalue weighted by Gasteiger charge is -2.41. The number of piperidine rings is 1. The summed E-state index contributed by atoms with van der Waals surface area (Å²) in [4.78, 5) is 16.3. The lowest BCUT2D eigenvalue weighted by Crippen LogP contribution is -2.49. The molecular weight excluding hydrogens is 240 g/mol. The zero-order valence-corrected chi connectivity index (χ0v) is 12.3. The first-order valence-electron chi connectivity index (χ1n) is 7.73. The molecule has 19 heavy (non-hydrogen) atoms. The monoisotopic (exact) mass is 268 g/mol. The first kappa shape index (κ1) is 14.8. The Labute approximate surface area is 116 Å². The fourth-order valence-electron chi connectivity index (χ4n) is 3.74.